The fourth-order valence-corrected chi connectivity index (χ4v) is 2.97. The summed E-state index contributed by atoms with van der Waals surface area (Å²) in [6, 6.07) is 13.8. The van der Waals surface area contributed by atoms with Crippen LogP contribution >= 0.6 is 0 Å². The van der Waals surface area contributed by atoms with Gasteiger partial charge in [0.25, 0.3) is 5.69 Å². The van der Waals surface area contributed by atoms with E-state index in [1.165, 1.54) is 12.1 Å². The van der Waals surface area contributed by atoms with Crippen molar-refractivity contribution in [3.63, 3.8) is 0 Å². The number of Topliss-reactive ketones (excluding diaryl/α,β-unsaturated/α-hetero) is 1. The van der Waals surface area contributed by atoms with Gasteiger partial charge in [-0.05, 0) is 66.8 Å². The van der Waals surface area contributed by atoms with Gasteiger partial charge in [0.15, 0.2) is 5.78 Å². The van der Waals surface area contributed by atoms with Crippen LogP contribution < -0.4 is 4.74 Å². The molecule has 1 aliphatic rings. The first-order valence-electron chi connectivity index (χ1n) is 8.41. The summed E-state index contributed by atoms with van der Waals surface area (Å²) < 4.78 is 5.15. The Morgan fingerprint density at radius 1 is 0.923 bits per heavy atom. The van der Waals surface area contributed by atoms with Crippen molar-refractivity contribution < 1.29 is 14.5 Å². The molecular weight excluding hydrogens is 330 g/mol. The van der Waals surface area contributed by atoms with E-state index in [9.17, 15) is 14.9 Å². The molecule has 2 aromatic carbocycles. The van der Waals surface area contributed by atoms with E-state index >= 15 is 0 Å². The largest absolute Gasteiger partial charge is 0.497 e. The van der Waals surface area contributed by atoms with Gasteiger partial charge in [0, 0.05) is 23.3 Å². The maximum absolute atomic E-state index is 12.8. The molecule has 132 valence electrons. The zero-order valence-corrected chi connectivity index (χ0v) is 14.5. The topological polar surface area (TPSA) is 69.4 Å². The molecule has 0 amide bonds. The van der Waals surface area contributed by atoms with Gasteiger partial charge in [-0.2, -0.15) is 0 Å². The molecule has 0 N–H and O–H groups in total. The Morgan fingerprint density at radius 3 is 1.88 bits per heavy atom. The molecule has 0 aliphatic heterocycles. The maximum atomic E-state index is 12.8. The van der Waals surface area contributed by atoms with E-state index in [0.717, 1.165) is 47.3 Å². The SMILES string of the molecule is COc1ccc(/C=C2\CCC/C(=C\c3ccc([N+](=O)[O-])cc3)C2=O)cc1. The Labute approximate surface area is 151 Å². The molecule has 5 nitrogen and oxygen atoms in total. The molecule has 0 spiro atoms. The van der Waals surface area contributed by atoms with Gasteiger partial charge in [-0.15, -0.1) is 0 Å². The van der Waals surface area contributed by atoms with E-state index in [-0.39, 0.29) is 11.5 Å². The minimum Gasteiger partial charge on any atom is -0.497 e. The zero-order valence-electron chi connectivity index (χ0n) is 14.5. The van der Waals surface area contributed by atoms with Gasteiger partial charge in [0.2, 0.25) is 0 Å². The van der Waals surface area contributed by atoms with Gasteiger partial charge in [0.05, 0.1) is 12.0 Å². The van der Waals surface area contributed by atoms with Crippen LogP contribution in [0.4, 0.5) is 5.69 Å². The molecular formula is C21H19NO4. The number of allylic oxidation sites excluding steroid dienone is 2. The summed E-state index contributed by atoms with van der Waals surface area (Å²) in [6.07, 6.45) is 6.13. The molecule has 0 heterocycles. The monoisotopic (exact) mass is 349 g/mol. The fourth-order valence-electron chi connectivity index (χ4n) is 2.97. The van der Waals surface area contributed by atoms with Crippen LogP contribution in [0.5, 0.6) is 5.75 Å². The molecule has 0 bridgehead atoms. The lowest BCUT2D eigenvalue weighted by Crippen LogP contribution is -2.12. The van der Waals surface area contributed by atoms with Crippen molar-refractivity contribution in [2.24, 2.45) is 0 Å². The van der Waals surface area contributed by atoms with Crippen LogP contribution in [0.2, 0.25) is 0 Å². The summed E-state index contributed by atoms with van der Waals surface area (Å²) >= 11 is 0. The number of benzene rings is 2. The quantitative estimate of drug-likeness (QED) is 0.451. The van der Waals surface area contributed by atoms with Crippen molar-refractivity contribution >= 4 is 23.6 Å². The minimum absolute atomic E-state index is 0.0437. The van der Waals surface area contributed by atoms with Crippen molar-refractivity contribution in [1.82, 2.24) is 0 Å². The molecule has 0 radical (unpaired) electrons. The summed E-state index contributed by atoms with van der Waals surface area (Å²) in [6.45, 7) is 0. The van der Waals surface area contributed by atoms with Crippen LogP contribution in [0, 0.1) is 10.1 Å². The molecule has 1 saturated carbocycles. The number of nitro benzene ring substituents is 1. The van der Waals surface area contributed by atoms with Crippen LogP contribution in [-0.2, 0) is 4.79 Å². The standard InChI is InChI=1S/C21H19NO4/c1-26-20-11-7-16(8-12-20)14-18-4-2-3-17(21(18)23)13-15-5-9-19(10-6-15)22(24)25/h5-14H,2-4H2,1H3/b17-13+,18-14+. The first kappa shape index (κ1) is 17.6. The summed E-state index contributed by atoms with van der Waals surface area (Å²) in [7, 11) is 1.62. The van der Waals surface area contributed by atoms with Gasteiger partial charge in [0.1, 0.15) is 5.75 Å². The summed E-state index contributed by atoms with van der Waals surface area (Å²) in [5.41, 5.74) is 3.33. The predicted octanol–water partition coefficient (Wildman–Crippen LogP) is 4.82. The van der Waals surface area contributed by atoms with Crippen LogP contribution in [0.3, 0.4) is 0 Å². The molecule has 0 saturated heterocycles. The van der Waals surface area contributed by atoms with Gasteiger partial charge >= 0.3 is 0 Å². The third-order valence-corrected chi connectivity index (χ3v) is 4.38. The molecule has 0 aromatic heterocycles. The number of rotatable bonds is 4. The molecule has 2 aromatic rings. The lowest BCUT2D eigenvalue weighted by molar-refractivity contribution is -0.384. The number of nitro groups is 1. The third-order valence-electron chi connectivity index (χ3n) is 4.38. The number of carbonyl (C=O) groups is 1. The van der Waals surface area contributed by atoms with E-state index in [0.29, 0.717) is 0 Å². The van der Waals surface area contributed by atoms with E-state index < -0.39 is 4.92 Å². The second-order valence-electron chi connectivity index (χ2n) is 6.14. The highest BCUT2D eigenvalue weighted by molar-refractivity contribution is 6.13. The van der Waals surface area contributed by atoms with Crippen LogP contribution in [0.15, 0.2) is 59.7 Å². The van der Waals surface area contributed by atoms with Crippen LogP contribution in [-0.4, -0.2) is 17.8 Å². The zero-order chi connectivity index (χ0) is 18.5. The summed E-state index contributed by atoms with van der Waals surface area (Å²) in [5.74, 6) is 0.825. The average molecular weight is 349 g/mol. The summed E-state index contributed by atoms with van der Waals surface area (Å²) in [5, 5.41) is 10.7. The van der Waals surface area contributed by atoms with E-state index in [1.54, 1.807) is 19.2 Å². The number of carbonyl (C=O) groups excluding carboxylic acids is 1. The first-order valence-corrected chi connectivity index (χ1v) is 8.41. The van der Waals surface area contributed by atoms with E-state index in [1.807, 2.05) is 36.4 Å². The van der Waals surface area contributed by atoms with Gasteiger partial charge in [-0.1, -0.05) is 12.1 Å². The number of non-ortho nitro benzene ring substituents is 1. The van der Waals surface area contributed by atoms with Crippen LogP contribution in [0.1, 0.15) is 30.4 Å². The van der Waals surface area contributed by atoms with Gasteiger partial charge in [-0.3, -0.25) is 14.9 Å². The van der Waals surface area contributed by atoms with Crippen molar-refractivity contribution in [2.75, 3.05) is 7.11 Å². The lowest BCUT2D eigenvalue weighted by Gasteiger charge is -2.16. The molecule has 1 aliphatic carbocycles. The predicted molar refractivity (Wildman–Crippen MR) is 101 cm³/mol. The maximum Gasteiger partial charge on any atom is 0.269 e. The van der Waals surface area contributed by atoms with Crippen molar-refractivity contribution in [1.29, 1.82) is 0 Å². The van der Waals surface area contributed by atoms with Crippen molar-refractivity contribution in [3.05, 3.63) is 80.9 Å². The van der Waals surface area contributed by atoms with E-state index in [2.05, 4.69) is 0 Å². The Bertz CT molecular complexity index is 877. The molecule has 26 heavy (non-hydrogen) atoms. The smallest absolute Gasteiger partial charge is 0.269 e. The Balaban J connectivity index is 1.82. The van der Waals surface area contributed by atoms with Crippen molar-refractivity contribution in [2.45, 2.75) is 19.3 Å². The second kappa shape index (κ2) is 7.78. The first-order chi connectivity index (χ1) is 12.6. The third kappa shape index (κ3) is 4.06. The van der Waals surface area contributed by atoms with Gasteiger partial charge in [-0.25, -0.2) is 0 Å². The fraction of sp³-hybridized carbons (Fsp3) is 0.190. The highest BCUT2D eigenvalue weighted by Crippen LogP contribution is 2.28. The molecule has 3 rings (SSSR count). The number of nitrogens with zero attached hydrogens (tertiary/aromatic N) is 1. The Morgan fingerprint density at radius 2 is 1.42 bits per heavy atom. The normalized spacial score (nSPS) is 17.5. The Hall–Kier alpha value is -3.21. The van der Waals surface area contributed by atoms with Crippen LogP contribution in [0.25, 0.3) is 12.2 Å². The number of hydrogen-bond acceptors (Lipinski definition) is 4. The Kier molecular flexibility index (Phi) is 5.27. The van der Waals surface area contributed by atoms with Gasteiger partial charge < -0.3 is 4.74 Å². The highest BCUT2D eigenvalue weighted by Gasteiger charge is 2.20. The molecule has 5 heteroatoms. The average Bonchev–Trinajstić information content (AvgIpc) is 2.66. The second-order valence-corrected chi connectivity index (χ2v) is 6.14. The molecule has 0 atom stereocenters. The molecule has 1 fully saturated rings. The number of hydrogen-bond donors (Lipinski definition) is 0. The minimum atomic E-state index is -0.432. The lowest BCUT2D eigenvalue weighted by atomic mass is 9.87. The number of ether oxygens (including phenoxy) is 1. The van der Waals surface area contributed by atoms with E-state index in [4.69, 9.17) is 4.74 Å². The number of ketones is 1. The highest BCUT2D eigenvalue weighted by atomic mass is 16.6. The summed E-state index contributed by atoms with van der Waals surface area (Å²) in [4.78, 5) is 23.1. The van der Waals surface area contributed by atoms with Crippen molar-refractivity contribution in [3.8, 4) is 5.75 Å². The molecule has 0 unspecified atom stereocenters. The number of methoxy groups -OCH3 is 1.